The SMILES string of the molecule is COc1cccc(OC)c1C1CCCC1C. The molecule has 0 N–H and O–H groups in total. The maximum Gasteiger partial charge on any atom is 0.126 e. The van der Waals surface area contributed by atoms with Crippen LogP contribution in [0.3, 0.4) is 0 Å². The number of ether oxygens (including phenoxy) is 2. The van der Waals surface area contributed by atoms with Gasteiger partial charge in [0.1, 0.15) is 11.5 Å². The maximum absolute atomic E-state index is 5.47. The fourth-order valence-corrected chi connectivity index (χ4v) is 2.82. The normalized spacial score (nSPS) is 24.4. The zero-order valence-corrected chi connectivity index (χ0v) is 10.3. The minimum absolute atomic E-state index is 0.589. The molecule has 0 saturated heterocycles. The highest BCUT2D eigenvalue weighted by Crippen LogP contribution is 2.46. The van der Waals surface area contributed by atoms with E-state index in [2.05, 4.69) is 6.92 Å². The lowest BCUT2D eigenvalue weighted by atomic mass is 9.89. The van der Waals surface area contributed by atoms with E-state index in [1.165, 1.54) is 24.8 Å². The fraction of sp³-hybridized carbons (Fsp3) is 0.571. The van der Waals surface area contributed by atoms with Gasteiger partial charge in [-0.25, -0.2) is 0 Å². The summed E-state index contributed by atoms with van der Waals surface area (Å²) < 4.78 is 10.9. The molecule has 88 valence electrons. The van der Waals surface area contributed by atoms with Gasteiger partial charge < -0.3 is 9.47 Å². The predicted molar refractivity (Wildman–Crippen MR) is 65.3 cm³/mol. The van der Waals surface area contributed by atoms with Crippen molar-refractivity contribution in [2.75, 3.05) is 14.2 Å². The molecule has 1 saturated carbocycles. The van der Waals surface area contributed by atoms with Gasteiger partial charge in [-0.05, 0) is 30.4 Å². The first kappa shape index (κ1) is 11.3. The largest absolute Gasteiger partial charge is 0.496 e. The molecule has 1 aromatic carbocycles. The van der Waals surface area contributed by atoms with Crippen molar-refractivity contribution < 1.29 is 9.47 Å². The highest BCUT2D eigenvalue weighted by Gasteiger charge is 2.29. The average molecular weight is 220 g/mol. The first-order chi connectivity index (χ1) is 7.77. The monoisotopic (exact) mass is 220 g/mol. The third-order valence-electron chi connectivity index (χ3n) is 3.70. The Bertz CT molecular complexity index is 338. The van der Waals surface area contributed by atoms with Gasteiger partial charge >= 0.3 is 0 Å². The second-order valence-corrected chi connectivity index (χ2v) is 4.59. The quantitative estimate of drug-likeness (QED) is 0.774. The molecule has 2 heteroatoms. The molecular weight excluding hydrogens is 200 g/mol. The Morgan fingerprint density at radius 2 is 1.69 bits per heavy atom. The summed E-state index contributed by atoms with van der Waals surface area (Å²) in [6.07, 6.45) is 3.87. The molecule has 0 heterocycles. The number of methoxy groups -OCH3 is 2. The van der Waals surface area contributed by atoms with Crippen LogP contribution in [0.25, 0.3) is 0 Å². The summed E-state index contributed by atoms with van der Waals surface area (Å²) >= 11 is 0. The van der Waals surface area contributed by atoms with E-state index >= 15 is 0 Å². The molecule has 2 unspecified atom stereocenters. The van der Waals surface area contributed by atoms with E-state index < -0.39 is 0 Å². The molecule has 2 rings (SSSR count). The smallest absolute Gasteiger partial charge is 0.126 e. The third-order valence-corrected chi connectivity index (χ3v) is 3.70. The summed E-state index contributed by atoms with van der Waals surface area (Å²) in [4.78, 5) is 0. The van der Waals surface area contributed by atoms with Crippen LogP contribution in [0, 0.1) is 5.92 Å². The van der Waals surface area contributed by atoms with Gasteiger partial charge in [0, 0.05) is 5.56 Å². The van der Waals surface area contributed by atoms with Crippen LogP contribution in [0.15, 0.2) is 18.2 Å². The van der Waals surface area contributed by atoms with Crippen LogP contribution in [-0.4, -0.2) is 14.2 Å². The van der Waals surface area contributed by atoms with E-state index in [-0.39, 0.29) is 0 Å². The van der Waals surface area contributed by atoms with Crippen molar-refractivity contribution in [2.24, 2.45) is 5.92 Å². The van der Waals surface area contributed by atoms with Crippen LogP contribution in [0.4, 0.5) is 0 Å². The summed E-state index contributed by atoms with van der Waals surface area (Å²) in [7, 11) is 3.47. The van der Waals surface area contributed by atoms with Crippen LogP contribution >= 0.6 is 0 Å². The Labute approximate surface area is 97.6 Å². The van der Waals surface area contributed by atoms with Crippen molar-refractivity contribution in [1.82, 2.24) is 0 Å². The molecule has 0 bridgehead atoms. The molecule has 1 aromatic rings. The summed E-state index contributed by atoms with van der Waals surface area (Å²) in [5, 5.41) is 0. The molecule has 0 amide bonds. The number of hydrogen-bond acceptors (Lipinski definition) is 2. The predicted octanol–water partition coefficient (Wildman–Crippen LogP) is 3.61. The molecular formula is C14H20O2. The summed E-state index contributed by atoms with van der Waals surface area (Å²) in [6, 6.07) is 6.05. The van der Waals surface area contributed by atoms with Crippen molar-refractivity contribution in [3.05, 3.63) is 23.8 Å². The lowest BCUT2D eigenvalue weighted by molar-refractivity contribution is 0.370. The summed E-state index contributed by atoms with van der Waals surface area (Å²) in [5.41, 5.74) is 1.26. The second kappa shape index (κ2) is 4.77. The van der Waals surface area contributed by atoms with Crippen molar-refractivity contribution in [2.45, 2.75) is 32.1 Å². The van der Waals surface area contributed by atoms with E-state index in [9.17, 15) is 0 Å². The first-order valence-electron chi connectivity index (χ1n) is 5.98. The molecule has 1 aliphatic carbocycles. The third kappa shape index (κ3) is 1.89. The lowest BCUT2D eigenvalue weighted by Gasteiger charge is -2.21. The van der Waals surface area contributed by atoms with Crippen LogP contribution in [0.2, 0.25) is 0 Å². The van der Waals surface area contributed by atoms with Gasteiger partial charge in [-0.1, -0.05) is 25.8 Å². The Hall–Kier alpha value is -1.18. The average Bonchev–Trinajstić information content (AvgIpc) is 2.74. The minimum Gasteiger partial charge on any atom is -0.496 e. The molecule has 2 atom stereocenters. The topological polar surface area (TPSA) is 18.5 Å². The van der Waals surface area contributed by atoms with Gasteiger partial charge in [-0.2, -0.15) is 0 Å². The molecule has 0 aliphatic heterocycles. The Morgan fingerprint density at radius 1 is 1.06 bits per heavy atom. The first-order valence-corrected chi connectivity index (χ1v) is 5.98. The summed E-state index contributed by atoms with van der Waals surface area (Å²) in [5.74, 6) is 3.26. The summed E-state index contributed by atoms with van der Waals surface area (Å²) in [6.45, 7) is 2.32. The van der Waals surface area contributed by atoms with Gasteiger partial charge in [0.25, 0.3) is 0 Å². The van der Waals surface area contributed by atoms with Gasteiger partial charge in [-0.3, -0.25) is 0 Å². The van der Waals surface area contributed by atoms with Crippen molar-refractivity contribution in [3.63, 3.8) is 0 Å². The van der Waals surface area contributed by atoms with Crippen molar-refractivity contribution >= 4 is 0 Å². The minimum atomic E-state index is 0.589. The Kier molecular flexibility index (Phi) is 3.37. The molecule has 16 heavy (non-hydrogen) atoms. The molecule has 1 fully saturated rings. The van der Waals surface area contributed by atoms with E-state index in [0.29, 0.717) is 5.92 Å². The fourth-order valence-electron chi connectivity index (χ4n) is 2.82. The molecule has 1 aliphatic rings. The number of rotatable bonds is 3. The van der Waals surface area contributed by atoms with Gasteiger partial charge in [0.2, 0.25) is 0 Å². The van der Waals surface area contributed by atoms with Gasteiger partial charge in [-0.15, -0.1) is 0 Å². The Morgan fingerprint density at radius 3 is 2.12 bits per heavy atom. The van der Waals surface area contributed by atoms with Crippen LogP contribution in [0.5, 0.6) is 11.5 Å². The Balaban J connectivity index is 2.43. The molecule has 0 aromatic heterocycles. The van der Waals surface area contributed by atoms with Gasteiger partial charge in [0.15, 0.2) is 0 Å². The highest BCUT2D eigenvalue weighted by atomic mass is 16.5. The number of benzene rings is 1. The zero-order valence-electron chi connectivity index (χ0n) is 10.3. The van der Waals surface area contributed by atoms with Crippen molar-refractivity contribution in [1.29, 1.82) is 0 Å². The second-order valence-electron chi connectivity index (χ2n) is 4.59. The molecule has 0 radical (unpaired) electrons. The van der Waals surface area contributed by atoms with E-state index in [0.717, 1.165) is 17.4 Å². The van der Waals surface area contributed by atoms with Crippen LogP contribution in [-0.2, 0) is 0 Å². The van der Waals surface area contributed by atoms with E-state index in [4.69, 9.17) is 9.47 Å². The molecule has 0 spiro atoms. The molecule has 2 nitrogen and oxygen atoms in total. The van der Waals surface area contributed by atoms with Gasteiger partial charge in [0.05, 0.1) is 14.2 Å². The van der Waals surface area contributed by atoms with Crippen LogP contribution < -0.4 is 9.47 Å². The van der Waals surface area contributed by atoms with Crippen molar-refractivity contribution in [3.8, 4) is 11.5 Å². The van der Waals surface area contributed by atoms with E-state index in [1.807, 2.05) is 18.2 Å². The highest BCUT2D eigenvalue weighted by molar-refractivity contribution is 5.47. The standard InChI is InChI=1S/C14H20O2/c1-10-6-4-7-11(10)14-12(15-2)8-5-9-13(14)16-3/h5,8-11H,4,6-7H2,1-3H3. The van der Waals surface area contributed by atoms with Crippen LogP contribution in [0.1, 0.15) is 37.7 Å². The lowest BCUT2D eigenvalue weighted by Crippen LogP contribution is -2.06. The number of hydrogen-bond donors (Lipinski definition) is 0. The zero-order chi connectivity index (χ0) is 11.5. The maximum atomic E-state index is 5.47. The van der Waals surface area contributed by atoms with E-state index in [1.54, 1.807) is 14.2 Å².